The van der Waals surface area contributed by atoms with Crippen molar-refractivity contribution in [2.75, 3.05) is 0 Å². The van der Waals surface area contributed by atoms with Crippen molar-refractivity contribution in [2.24, 2.45) is 0 Å². The lowest BCUT2D eigenvalue weighted by atomic mass is 9.84. The number of allylic oxidation sites excluding steroid dienone is 4. The summed E-state index contributed by atoms with van der Waals surface area (Å²) < 4.78 is 0. The van der Waals surface area contributed by atoms with E-state index in [0.717, 1.165) is 22.3 Å². The lowest BCUT2D eigenvalue weighted by molar-refractivity contribution is 0.474. The molecule has 0 saturated heterocycles. The van der Waals surface area contributed by atoms with Crippen molar-refractivity contribution < 1.29 is 5.11 Å². The summed E-state index contributed by atoms with van der Waals surface area (Å²) >= 11 is 0. The van der Waals surface area contributed by atoms with Crippen LogP contribution in [0.1, 0.15) is 64.2 Å². The molecule has 0 spiro atoms. The van der Waals surface area contributed by atoms with Gasteiger partial charge in [-0.15, -0.1) is 0 Å². The molecule has 28 heavy (non-hydrogen) atoms. The Balaban J connectivity index is 0. The predicted octanol–water partition coefficient (Wildman–Crippen LogP) is 8.54. The Morgan fingerprint density at radius 3 is 1.86 bits per heavy atom. The third-order valence-corrected chi connectivity index (χ3v) is 3.62. The average Bonchev–Trinajstić information content (AvgIpc) is 2.79. The molecule has 0 heterocycles. The zero-order chi connectivity index (χ0) is 21.9. The molecule has 2 aromatic carbocycles. The summed E-state index contributed by atoms with van der Waals surface area (Å²) in [6.07, 6.45) is 7.23. The Labute approximate surface area is 173 Å². The average molecular weight is 379 g/mol. The van der Waals surface area contributed by atoms with Gasteiger partial charge in [-0.05, 0) is 28.8 Å². The highest BCUT2D eigenvalue weighted by molar-refractivity contribution is 5.58. The van der Waals surface area contributed by atoms with Crippen molar-refractivity contribution in [2.45, 2.75) is 47.5 Å². The van der Waals surface area contributed by atoms with Crippen molar-refractivity contribution in [3.05, 3.63) is 109 Å². The van der Waals surface area contributed by atoms with Crippen LogP contribution < -0.4 is 0 Å². The van der Waals surface area contributed by atoms with Crippen LogP contribution in [0, 0.1) is 0 Å². The Morgan fingerprint density at radius 1 is 0.821 bits per heavy atom. The van der Waals surface area contributed by atoms with Gasteiger partial charge in [-0.2, -0.15) is 0 Å². The fourth-order valence-electron chi connectivity index (χ4n) is 2.56. The molecule has 2 rings (SSSR count). The molecule has 0 aliphatic carbocycles. The summed E-state index contributed by atoms with van der Waals surface area (Å²) in [7, 11) is 0. The summed E-state index contributed by atoms with van der Waals surface area (Å²) in [5.41, 5.74) is 4.02. The van der Waals surface area contributed by atoms with Gasteiger partial charge in [-0.25, -0.2) is 0 Å². The van der Waals surface area contributed by atoms with Crippen LogP contribution in [0.3, 0.4) is 0 Å². The van der Waals surface area contributed by atoms with Gasteiger partial charge in [0.25, 0.3) is 0 Å². The van der Waals surface area contributed by atoms with Crippen LogP contribution in [0.5, 0.6) is 5.75 Å². The first kappa shape index (κ1) is 27.4. The number of phenolic OH excluding ortho intramolecular Hbond substituents is 1. The molecule has 1 unspecified atom stereocenters. The van der Waals surface area contributed by atoms with Gasteiger partial charge >= 0.3 is 0 Å². The second-order valence-corrected chi connectivity index (χ2v) is 4.97. The van der Waals surface area contributed by atoms with Crippen LogP contribution in [-0.2, 0) is 0 Å². The summed E-state index contributed by atoms with van der Waals surface area (Å²) in [6.45, 7) is 23.5. The maximum Gasteiger partial charge on any atom is 0.122 e. The van der Waals surface area contributed by atoms with Crippen molar-refractivity contribution >= 4 is 6.08 Å². The van der Waals surface area contributed by atoms with Crippen molar-refractivity contribution in [1.82, 2.24) is 0 Å². The highest BCUT2D eigenvalue weighted by atomic mass is 16.3. The maximum absolute atomic E-state index is 9.86. The molecular weight excluding hydrogens is 340 g/mol. The predicted molar refractivity (Wildman–Crippen MR) is 129 cm³/mol. The molecule has 0 amide bonds. The lowest BCUT2D eigenvalue weighted by Crippen LogP contribution is -2.04. The molecule has 0 aliphatic heterocycles. The highest BCUT2D eigenvalue weighted by Gasteiger charge is 2.17. The first-order valence-corrected chi connectivity index (χ1v) is 10.2. The van der Waals surface area contributed by atoms with Gasteiger partial charge in [0.05, 0.1) is 0 Å². The number of aromatic hydroxyl groups is 1. The largest absolute Gasteiger partial charge is 0.507 e. The van der Waals surface area contributed by atoms with Crippen molar-refractivity contribution in [3.63, 3.8) is 0 Å². The van der Waals surface area contributed by atoms with Crippen molar-refractivity contribution in [1.29, 1.82) is 0 Å². The molecule has 0 saturated carbocycles. The first-order chi connectivity index (χ1) is 13.7. The van der Waals surface area contributed by atoms with E-state index >= 15 is 0 Å². The Morgan fingerprint density at radius 2 is 1.39 bits per heavy atom. The molecule has 0 radical (unpaired) electrons. The minimum Gasteiger partial charge on any atom is -0.507 e. The molecule has 2 aromatic rings. The monoisotopic (exact) mass is 378 g/mol. The third-order valence-electron chi connectivity index (χ3n) is 3.62. The molecule has 0 fully saturated rings. The molecular formula is C27H38O. The Kier molecular flexibility index (Phi) is 17.2. The minimum absolute atomic E-state index is 0.0380. The first-order valence-electron chi connectivity index (χ1n) is 10.2. The summed E-state index contributed by atoms with van der Waals surface area (Å²) in [4.78, 5) is 0. The van der Waals surface area contributed by atoms with E-state index in [4.69, 9.17) is 0 Å². The van der Waals surface area contributed by atoms with Gasteiger partial charge in [0, 0.05) is 11.5 Å². The lowest BCUT2D eigenvalue weighted by Gasteiger charge is -2.20. The number of hydrogen-bond acceptors (Lipinski definition) is 1. The standard InChI is InChI=1S/C21H20O.3C2H6/c1-4-10-16(5-2)21(18-11-8-7-9-12-18)19-13-14-20(22)17(6-3)15-19;3*1-2/h4-15,21-22H,1-3H2;3*1-2H3/b16-10+;;;. The molecule has 0 bridgehead atoms. The Hall–Kier alpha value is -2.80. The zero-order valence-electron chi connectivity index (χ0n) is 18.6. The number of rotatable bonds is 6. The number of hydrogen-bond donors (Lipinski definition) is 1. The molecule has 1 atom stereocenters. The minimum atomic E-state index is 0.0380. The molecule has 1 heteroatoms. The second kappa shape index (κ2) is 17.6. The van der Waals surface area contributed by atoms with Gasteiger partial charge in [-0.3, -0.25) is 0 Å². The van der Waals surface area contributed by atoms with Gasteiger partial charge in [0.1, 0.15) is 5.75 Å². The normalized spacial score (nSPS) is 10.4. The molecule has 0 aromatic heterocycles. The SMILES string of the molecule is C=C/C=C(\C=C)C(c1ccccc1)c1ccc(O)c(C=C)c1.CC.CC.CC. The smallest absolute Gasteiger partial charge is 0.122 e. The van der Waals surface area contributed by atoms with E-state index in [1.54, 1.807) is 18.2 Å². The highest BCUT2D eigenvalue weighted by Crippen LogP contribution is 2.34. The van der Waals surface area contributed by atoms with Crippen LogP contribution in [0.25, 0.3) is 6.08 Å². The molecule has 0 aliphatic rings. The van der Waals surface area contributed by atoms with Gasteiger partial charge in [0.2, 0.25) is 0 Å². The quantitative estimate of drug-likeness (QED) is 0.499. The van der Waals surface area contributed by atoms with Crippen LogP contribution in [-0.4, -0.2) is 5.11 Å². The zero-order valence-corrected chi connectivity index (χ0v) is 18.6. The van der Waals surface area contributed by atoms with E-state index in [-0.39, 0.29) is 11.7 Å². The molecule has 152 valence electrons. The third kappa shape index (κ3) is 8.26. The van der Waals surface area contributed by atoms with E-state index in [0.29, 0.717) is 0 Å². The fraction of sp³-hybridized carbons (Fsp3) is 0.259. The maximum atomic E-state index is 9.86. The summed E-state index contributed by atoms with van der Waals surface area (Å²) in [5.74, 6) is 0.273. The van der Waals surface area contributed by atoms with Crippen molar-refractivity contribution in [3.8, 4) is 5.75 Å². The van der Waals surface area contributed by atoms with E-state index in [9.17, 15) is 5.11 Å². The van der Waals surface area contributed by atoms with Gasteiger partial charge < -0.3 is 5.11 Å². The van der Waals surface area contributed by atoms with E-state index < -0.39 is 0 Å². The van der Waals surface area contributed by atoms with Gasteiger partial charge in [-0.1, -0.05) is 122 Å². The summed E-state index contributed by atoms with van der Waals surface area (Å²) in [5, 5.41) is 9.86. The topological polar surface area (TPSA) is 20.2 Å². The van der Waals surface area contributed by atoms with Crippen LogP contribution in [0.2, 0.25) is 0 Å². The van der Waals surface area contributed by atoms with E-state index in [1.165, 1.54) is 0 Å². The summed E-state index contributed by atoms with van der Waals surface area (Å²) in [6, 6.07) is 15.8. The number of benzene rings is 2. The Bertz CT molecular complexity index is 708. The number of phenols is 1. The van der Waals surface area contributed by atoms with E-state index in [2.05, 4.69) is 31.9 Å². The molecule has 1 nitrogen and oxygen atoms in total. The molecule has 1 N–H and O–H groups in total. The van der Waals surface area contributed by atoms with Gasteiger partial charge in [0.15, 0.2) is 0 Å². The second-order valence-electron chi connectivity index (χ2n) is 4.97. The van der Waals surface area contributed by atoms with Crippen LogP contribution in [0.4, 0.5) is 0 Å². The van der Waals surface area contributed by atoms with E-state index in [1.807, 2.05) is 84.0 Å². The fourth-order valence-corrected chi connectivity index (χ4v) is 2.56. The van der Waals surface area contributed by atoms with Crippen LogP contribution in [0.15, 0.2) is 92.1 Å². The van der Waals surface area contributed by atoms with Crippen LogP contribution >= 0.6 is 0 Å².